The first-order chi connectivity index (χ1) is 28.8. The summed E-state index contributed by atoms with van der Waals surface area (Å²) in [4.78, 5) is 52.7. The van der Waals surface area contributed by atoms with Gasteiger partial charge < -0.3 is 34.0 Å². The molecule has 3 unspecified atom stereocenters. The molecule has 1 fully saturated rings. The number of rotatable bonds is 39. The number of epoxide rings is 1. The molecule has 1 aliphatic rings. The van der Waals surface area contributed by atoms with Crippen LogP contribution in [-0.4, -0.2) is 82.6 Å². The summed E-state index contributed by atoms with van der Waals surface area (Å²) in [5, 5.41) is 9.75. The van der Waals surface area contributed by atoms with Gasteiger partial charge in [-0.2, -0.15) is 0 Å². The number of allylic oxidation sites excluding steroid dienone is 10. The van der Waals surface area contributed by atoms with Gasteiger partial charge in [0.25, 0.3) is 0 Å². The van der Waals surface area contributed by atoms with Crippen LogP contribution in [0.25, 0.3) is 0 Å². The van der Waals surface area contributed by atoms with E-state index >= 15 is 0 Å². The Bertz CT molecular complexity index is 1400. The molecule has 0 aromatic rings. The fourth-order valence-corrected chi connectivity index (χ4v) is 6.73. The Balaban J connectivity index is 2.42. The minimum absolute atomic E-state index is 0.0426. The molecule has 14 nitrogen and oxygen atoms in total. The summed E-state index contributed by atoms with van der Waals surface area (Å²) in [5.41, 5.74) is 0. The van der Waals surface area contributed by atoms with Gasteiger partial charge in [0.1, 0.15) is 12.7 Å². The van der Waals surface area contributed by atoms with Gasteiger partial charge in [0, 0.05) is 12.8 Å². The van der Waals surface area contributed by atoms with Crippen molar-refractivity contribution in [2.75, 3.05) is 26.4 Å². The van der Waals surface area contributed by atoms with Gasteiger partial charge in [-0.15, -0.1) is 0 Å². The fourth-order valence-electron chi connectivity index (χ4n) is 5.57. The van der Waals surface area contributed by atoms with Crippen LogP contribution in [0.5, 0.6) is 0 Å². The van der Waals surface area contributed by atoms with Crippen LogP contribution >= 0.6 is 15.6 Å². The van der Waals surface area contributed by atoms with E-state index in [0.29, 0.717) is 25.4 Å². The second-order valence-corrected chi connectivity index (χ2v) is 17.3. The molecule has 0 aliphatic carbocycles. The minimum atomic E-state index is -4.88. The molecule has 0 bridgehead atoms. The fraction of sp³-hybridized carbons (Fsp3) is 0.682. The lowest BCUT2D eigenvalue weighted by molar-refractivity contribution is -0.161. The molecular weight excluding hydrogens is 814 g/mol. The minimum Gasteiger partial charge on any atom is -0.462 e. The zero-order chi connectivity index (χ0) is 44.2. The van der Waals surface area contributed by atoms with Crippen LogP contribution in [0.1, 0.15) is 142 Å². The number of carbonyl (C=O) groups is 2. The number of aliphatic hydroxyl groups excluding tert-OH is 1. The largest absolute Gasteiger partial charge is 0.472 e. The van der Waals surface area contributed by atoms with E-state index in [1.165, 1.54) is 19.3 Å². The van der Waals surface area contributed by atoms with Crippen LogP contribution in [0.2, 0.25) is 0 Å². The number of ether oxygens (including phenoxy) is 3. The molecule has 1 saturated heterocycles. The zero-order valence-electron chi connectivity index (χ0n) is 36.0. The molecule has 0 saturated carbocycles. The number of phosphoric acid groups is 2. The molecule has 0 aromatic carbocycles. The van der Waals surface area contributed by atoms with Crippen LogP contribution in [0.15, 0.2) is 72.9 Å². The average Bonchev–Trinajstić information content (AvgIpc) is 3.96. The van der Waals surface area contributed by atoms with Gasteiger partial charge in [0.2, 0.25) is 0 Å². The first-order valence-corrected chi connectivity index (χ1v) is 24.8. The van der Waals surface area contributed by atoms with Crippen molar-refractivity contribution in [2.24, 2.45) is 0 Å². The molecule has 344 valence electrons. The van der Waals surface area contributed by atoms with Gasteiger partial charge in [-0.3, -0.25) is 23.2 Å². The predicted octanol–water partition coefficient (Wildman–Crippen LogP) is 9.99. The highest BCUT2D eigenvalue weighted by Crippen LogP contribution is 2.44. The van der Waals surface area contributed by atoms with Crippen molar-refractivity contribution in [2.45, 2.75) is 167 Å². The normalized spacial score (nSPS) is 18.1. The predicted molar refractivity (Wildman–Crippen MR) is 234 cm³/mol. The van der Waals surface area contributed by atoms with Gasteiger partial charge in [-0.25, -0.2) is 9.13 Å². The molecule has 16 heteroatoms. The molecular formula is C44H74O14P2. The van der Waals surface area contributed by atoms with Crippen LogP contribution in [0.4, 0.5) is 0 Å². The lowest BCUT2D eigenvalue weighted by atomic mass is 10.1. The molecule has 1 aliphatic heterocycles. The molecule has 0 spiro atoms. The molecule has 0 aromatic heterocycles. The Morgan fingerprint density at radius 3 is 1.73 bits per heavy atom. The lowest BCUT2D eigenvalue weighted by Crippen LogP contribution is -2.29. The van der Waals surface area contributed by atoms with E-state index in [0.717, 1.165) is 77.0 Å². The maximum absolute atomic E-state index is 12.7. The second-order valence-electron chi connectivity index (χ2n) is 14.6. The van der Waals surface area contributed by atoms with Crippen LogP contribution < -0.4 is 0 Å². The zero-order valence-corrected chi connectivity index (χ0v) is 37.8. The Hall–Kier alpha value is -2.48. The highest BCUT2D eigenvalue weighted by atomic mass is 31.2. The van der Waals surface area contributed by atoms with E-state index in [9.17, 15) is 28.7 Å². The summed E-state index contributed by atoms with van der Waals surface area (Å²) in [5.74, 6) is -1.13. The van der Waals surface area contributed by atoms with Crippen molar-refractivity contribution in [1.29, 1.82) is 0 Å². The standard InChI is InChI=1S/C44H74O14P2/c1-3-5-7-9-11-12-13-14-15-16-17-18-21-25-29-33-43(46)53-37-40(38-56-60(51,52)55-36-39(45)35-54-59(48,49)50)57-44(47)34-30-26-22-19-20-24-28-32-42-41(58-42)31-27-23-10-8-6-4-2/h5,7,11-12,14-15,19,22-24,27-28,39-42,45H,3-4,6,8-10,13,16-18,20-21,25-26,29-38H2,1-2H3,(H,51,52)(H2,48,49,50)/b7-5-,12-11-,15-14-,22-19-,27-23-,28-24-/t39-,40+,41?,42?/m0/s1. The topological polar surface area (TPSA) is 208 Å². The van der Waals surface area contributed by atoms with E-state index in [-0.39, 0.29) is 18.9 Å². The molecule has 1 heterocycles. The van der Waals surface area contributed by atoms with E-state index in [1.54, 1.807) is 0 Å². The average molecular weight is 889 g/mol. The number of hydrogen-bond donors (Lipinski definition) is 4. The van der Waals surface area contributed by atoms with Crippen LogP contribution in [0.3, 0.4) is 0 Å². The van der Waals surface area contributed by atoms with Crippen molar-refractivity contribution in [3.63, 3.8) is 0 Å². The van der Waals surface area contributed by atoms with Crippen molar-refractivity contribution < 1.29 is 66.3 Å². The third-order valence-electron chi connectivity index (χ3n) is 8.97. The highest BCUT2D eigenvalue weighted by Gasteiger charge is 2.36. The smallest absolute Gasteiger partial charge is 0.462 e. The summed E-state index contributed by atoms with van der Waals surface area (Å²) in [7, 11) is -9.71. The summed E-state index contributed by atoms with van der Waals surface area (Å²) in [6, 6.07) is 0. The SMILES string of the molecule is CC/C=C\C/C=C\C/C=C\CCCCCCCC(=O)OC[C@H](COP(=O)(O)OC[C@@H](O)COP(=O)(O)O)OC(=O)CCC/C=C\C/C=C\CC1OC1C/C=C\CCCCC. The Labute approximate surface area is 359 Å². The number of esters is 2. The van der Waals surface area contributed by atoms with Crippen LogP contribution in [0, 0.1) is 0 Å². The van der Waals surface area contributed by atoms with Gasteiger partial charge >= 0.3 is 27.6 Å². The van der Waals surface area contributed by atoms with E-state index < -0.39 is 66.2 Å². The number of hydrogen-bond acceptors (Lipinski definition) is 11. The number of phosphoric ester groups is 2. The Kier molecular flexibility index (Phi) is 33.4. The maximum atomic E-state index is 12.7. The van der Waals surface area contributed by atoms with Gasteiger partial charge in [0.15, 0.2) is 6.10 Å². The summed E-state index contributed by atoms with van der Waals surface area (Å²) >= 11 is 0. The number of unbranched alkanes of at least 4 members (excludes halogenated alkanes) is 9. The summed E-state index contributed by atoms with van der Waals surface area (Å²) in [6.45, 7) is 1.51. The third-order valence-corrected chi connectivity index (χ3v) is 10.4. The molecule has 0 radical (unpaired) electrons. The summed E-state index contributed by atoms with van der Waals surface area (Å²) in [6.07, 6.45) is 40.7. The summed E-state index contributed by atoms with van der Waals surface area (Å²) < 4.78 is 53.4. The maximum Gasteiger partial charge on any atom is 0.472 e. The number of aliphatic hydroxyl groups is 1. The molecule has 60 heavy (non-hydrogen) atoms. The lowest BCUT2D eigenvalue weighted by Gasteiger charge is -2.20. The molecule has 1 rings (SSSR count). The van der Waals surface area contributed by atoms with Gasteiger partial charge in [-0.1, -0.05) is 119 Å². The van der Waals surface area contributed by atoms with Crippen LogP contribution in [-0.2, 0) is 46.5 Å². The highest BCUT2D eigenvalue weighted by molar-refractivity contribution is 7.47. The second kappa shape index (κ2) is 36.0. The van der Waals surface area contributed by atoms with Gasteiger partial charge in [0.05, 0.1) is 32.0 Å². The van der Waals surface area contributed by atoms with Gasteiger partial charge in [-0.05, 0) is 83.5 Å². The molecule has 4 N–H and O–H groups in total. The van der Waals surface area contributed by atoms with E-state index in [2.05, 4.69) is 83.7 Å². The Morgan fingerprint density at radius 2 is 1.08 bits per heavy atom. The first kappa shape index (κ1) is 55.5. The third kappa shape index (κ3) is 36.2. The monoisotopic (exact) mass is 888 g/mol. The quantitative estimate of drug-likeness (QED) is 0.0149. The Morgan fingerprint density at radius 1 is 0.583 bits per heavy atom. The van der Waals surface area contributed by atoms with Crippen molar-refractivity contribution in [3.05, 3.63) is 72.9 Å². The molecule has 0 amide bonds. The van der Waals surface area contributed by atoms with E-state index in [1.807, 2.05) is 12.2 Å². The number of carbonyl (C=O) groups excluding carboxylic acids is 2. The molecule has 5 atom stereocenters. The van der Waals surface area contributed by atoms with Crippen molar-refractivity contribution in [1.82, 2.24) is 0 Å². The van der Waals surface area contributed by atoms with Crippen molar-refractivity contribution in [3.8, 4) is 0 Å². The van der Waals surface area contributed by atoms with Crippen molar-refractivity contribution >= 4 is 27.6 Å². The first-order valence-electron chi connectivity index (χ1n) is 21.8. The van der Waals surface area contributed by atoms with E-state index in [4.69, 9.17) is 28.5 Å².